The van der Waals surface area contributed by atoms with E-state index in [1.807, 2.05) is 25.1 Å². The maximum Gasteiger partial charge on any atom is 0.257 e. The van der Waals surface area contributed by atoms with E-state index in [0.717, 1.165) is 18.5 Å². The number of likely N-dealkylation sites (tertiary alicyclic amines) is 1. The number of thioether (sulfide) groups is 1. The normalized spacial score (nSPS) is 18.1. The van der Waals surface area contributed by atoms with E-state index in [1.165, 1.54) is 0 Å². The zero-order valence-electron chi connectivity index (χ0n) is 12.0. The number of carbonyl (C=O) groups is 1. The molecule has 0 unspecified atom stereocenters. The van der Waals surface area contributed by atoms with Crippen LogP contribution in [0.1, 0.15) is 28.9 Å². The minimum Gasteiger partial charge on any atom is -0.392 e. The summed E-state index contributed by atoms with van der Waals surface area (Å²) in [6.07, 6.45) is 5.30. The van der Waals surface area contributed by atoms with Crippen LogP contribution >= 0.6 is 24.0 Å². The molecule has 7 heteroatoms. The summed E-state index contributed by atoms with van der Waals surface area (Å²) in [5.74, 6) is 0.0493. The predicted octanol–water partition coefficient (Wildman–Crippen LogP) is 1.35. The Bertz CT molecular complexity index is 532. The summed E-state index contributed by atoms with van der Waals surface area (Å²) in [6, 6.07) is 0. The molecule has 5 nitrogen and oxygen atoms in total. The summed E-state index contributed by atoms with van der Waals surface area (Å²) < 4.78 is 1.56. The van der Waals surface area contributed by atoms with Gasteiger partial charge in [-0.3, -0.25) is 9.48 Å². The van der Waals surface area contributed by atoms with E-state index < -0.39 is 0 Å². The highest BCUT2D eigenvalue weighted by atomic mass is 32.2. The van der Waals surface area contributed by atoms with Crippen molar-refractivity contribution < 1.29 is 4.79 Å². The number of piperidine rings is 1. The second kappa shape index (κ2) is 5.73. The van der Waals surface area contributed by atoms with Crippen LogP contribution < -0.4 is 5.73 Å². The third-order valence-corrected chi connectivity index (χ3v) is 6.09. The highest BCUT2D eigenvalue weighted by Crippen LogP contribution is 2.35. The molecule has 20 heavy (non-hydrogen) atoms. The molecule has 1 aliphatic heterocycles. The van der Waals surface area contributed by atoms with Crippen LogP contribution in [-0.2, 0) is 7.05 Å². The molecule has 1 aromatic heterocycles. The van der Waals surface area contributed by atoms with E-state index in [0.29, 0.717) is 23.6 Å². The molecule has 1 fully saturated rings. The van der Waals surface area contributed by atoms with Gasteiger partial charge in [-0.15, -0.1) is 0 Å². The predicted molar refractivity (Wildman–Crippen MR) is 86.1 cm³/mol. The maximum absolute atomic E-state index is 12.5. The van der Waals surface area contributed by atoms with Gasteiger partial charge in [-0.2, -0.15) is 16.9 Å². The Morgan fingerprint density at radius 1 is 1.50 bits per heavy atom. The van der Waals surface area contributed by atoms with Crippen LogP contribution in [0.4, 0.5) is 0 Å². The van der Waals surface area contributed by atoms with Gasteiger partial charge in [-0.05, 0) is 26.0 Å². The number of nitrogens with zero attached hydrogens (tertiary/aromatic N) is 3. The lowest BCUT2D eigenvalue weighted by Gasteiger charge is -2.40. The Morgan fingerprint density at radius 3 is 2.50 bits per heavy atom. The van der Waals surface area contributed by atoms with Gasteiger partial charge < -0.3 is 10.6 Å². The number of nitrogens with two attached hydrogens (primary N) is 1. The molecule has 2 heterocycles. The van der Waals surface area contributed by atoms with Gasteiger partial charge in [0.05, 0.1) is 21.5 Å². The largest absolute Gasteiger partial charge is 0.392 e. The molecule has 110 valence electrons. The quantitative estimate of drug-likeness (QED) is 0.854. The van der Waals surface area contributed by atoms with Gasteiger partial charge in [0.25, 0.3) is 5.91 Å². The number of aromatic nitrogens is 2. The summed E-state index contributed by atoms with van der Waals surface area (Å²) in [5.41, 5.74) is 7.44. The average Bonchev–Trinajstić information content (AvgIpc) is 2.78. The third kappa shape index (κ3) is 2.56. The van der Waals surface area contributed by atoms with Crippen LogP contribution in [-0.4, -0.2) is 49.7 Å². The van der Waals surface area contributed by atoms with Crippen LogP contribution in [0.2, 0.25) is 0 Å². The lowest BCUT2D eigenvalue weighted by Crippen LogP contribution is -2.50. The Morgan fingerprint density at radius 2 is 2.10 bits per heavy atom. The van der Waals surface area contributed by atoms with Crippen molar-refractivity contribution in [2.75, 3.05) is 19.3 Å². The molecule has 1 aliphatic rings. The Balaban J connectivity index is 2.09. The number of hydrogen-bond donors (Lipinski definition) is 1. The Hall–Kier alpha value is -1.08. The van der Waals surface area contributed by atoms with Gasteiger partial charge >= 0.3 is 0 Å². The summed E-state index contributed by atoms with van der Waals surface area (Å²) in [4.78, 5) is 14.9. The molecule has 0 atom stereocenters. The molecule has 0 radical (unpaired) electrons. The molecule has 2 N–H and O–H groups in total. The summed E-state index contributed by atoms with van der Waals surface area (Å²) in [6.45, 7) is 3.28. The van der Waals surface area contributed by atoms with E-state index in [9.17, 15) is 4.79 Å². The first-order chi connectivity index (χ1) is 9.41. The average molecular weight is 312 g/mol. The first kappa shape index (κ1) is 15.3. The fraction of sp³-hybridized carbons (Fsp3) is 0.615. The molecule has 0 aromatic carbocycles. The number of amides is 1. The van der Waals surface area contributed by atoms with Gasteiger partial charge in [-0.1, -0.05) is 12.2 Å². The Labute approximate surface area is 128 Å². The van der Waals surface area contributed by atoms with Crippen LogP contribution in [0.5, 0.6) is 0 Å². The molecule has 0 aliphatic carbocycles. The van der Waals surface area contributed by atoms with Crippen LogP contribution in [0, 0.1) is 6.92 Å². The van der Waals surface area contributed by atoms with E-state index in [-0.39, 0.29) is 10.7 Å². The van der Waals surface area contributed by atoms with Gasteiger partial charge in [0.15, 0.2) is 0 Å². The van der Waals surface area contributed by atoms with E-state index in [1.54, 1.807) is 22.6 Å². The SMILES string of the molecule is CSC1(C(N)=S)CCN(C(=O)c2cnn(C)c2C)CC1. The van der Waals surface area contributed by atoms with Crippen molar-refractivity contribution >= 4 is 34.9 Å². The molecule has 0 saturated carbocycles. The molecular weight excluding hydrogens is 292 g/mol. The molecule has 1 saturated heterocycles. The zero-order chi connectivity index (χ0) is 14.9. The first-order valence-corrected chi connectivity index (χ1v) is 8.17. The third-order valence-electron chi connectivity index (χ3n) is 4.16. The molecule has 2 rings (SSSR count). The van der Waals surface area contributed by atoms with Crippen LogP contribution in [0.25, 0.3) is 0 Å². The number of rotatable bonds is 3. The standard InChI is InChI=1S/C13H20N4OS2/c1-9-10(8-15-16(9)2)11(18)17-6-4-13(20-3,5-7-17)12(14)19/h8H,4-7H2,1-3H3,(H2,14,19). The Kier molecular flexibility index (Phi) is 4.39. The van der Waals surface area contributed by atoms with Crippen molar-refractivity contribution in [1.29, 1.82) is 0 Å². The second-order valence-electron chi connectivity index (χ2n) is 5.12. The van der Waals surface area contributed by atoms with Gasteiger partial charge in [0, 0.05) is 25.8 Å². The molecule has 0 spiro atoms. The van der Waals surface area contributed by atoms with Crippen molar-refractivity contribution in [1.82, 2.24) is 14.7 Å². The summed E-state index contributed by atoms with van der Waals surface area (Å²) in [7, 11) is 1.84. The van der Waals surface area contributed by atoms with Crippen LogP contribution in [0.15, 0.2) is 6.20 Å². The maximum atomic E-state index is 12.5. The monoisotopic (exact) mass is 312 g/mol. The van der Waals surface area contributed by atoms with E-state index >= 15 is 0 Å². The number of hydrogen-bond acceptors (Lipinski definition) is 4. The molecular formula is C13H20N4OS2. The highest BCUT2D eigenvalue weighted by molar-refractivity contribution is 8.02. The van der Waals surface area contributed by atoms with Gasteiger partial charge in [0.2, 0.25) is 0 Å². The summed E-state index contributed by atoms with van der Waals surface area (Å²) >= 11 is 6.89. The number of carbonyl (C=O) groups excluding carboxylic acids is 1. The number of aryl methyl sites for hydroxylation is 1. The van der Waals surface area contributed by atoms with Crippen molar-refractivity contribution in [3.05, 3.63) is 17.5 Å². The van der Waals surface area contributed by atoms with Crippen molar-refractivity contribution in [2.24, 2.45) is 12.8 Å². The van der Waals surface area contributed by atoms with E-state index in [2.05, 4.69) is 5.10 Å². The van der Waals surface area contributed by atoms with Crippen molar-refractivity contribution in [3.63, 3.8) is 0 Å². The summed E-state index contributed by atoms with van der Waals surface area (Å²) in [5, 5.41) is 4.13. The van der Waals surface area contributed by atoms with Gasteiger partial charge in [-0.25, -0.2) is 0 Å². The minimum absolute atomic E-state index is 0.0493. The fourth-order valence-electron chi connectivity index (χ4n) is 2.50. The fourth-order valence-corrected chi connectivity index (χ4v) is 3.75. The van der Waals surface area contributed by atoms with Crippen molar-refractivity contribution in [3.8, 4) is 0 Å². The first-order valence-electron chi connectivity index (χ1n) is 6.54. The van der Waals surface area contributed by atoms with E-state index in [4.69, 9.17) is 18.0 Å². The van der Waals surface area contributed by atoms with Crippen LogP contribution in [0.3, 0.4) is 0 Å². The molecule has 0 bridgehead atoms. The lowest BCUT2D eigenvalue weighted by atomic mass is 9.95. The zero-order valence-corrected chi connectivity index (χ0v) is 13.7. The number of thiocarbonyl (C=S) groups is 1. The minimum atomic E-state index is -0.157. The highest BCUT2D eigenvalue weighted by Gasteiger charge is 2.38. The lowest BCUT2D eigenvalue weighted by molar-refractivity contribution is 0.0718. The molecule has 1 amide bonds. The van der Waals surface area contributed by atoms with Gasteiger partial charge in [0.1, 0.15) is 0 Å². The topological polar surface area (TPSA) is 64.2 Å². The second-order valence-corrected chi connectivity index (χ2v) is 6.75. The van der Waals surface area contributed by atoms with Crippen molar-refractivity contribution in [2.45, 2.75) is 24.5 Å². The smallest absolute Gasteiger partial charge is 0.257 e. The molecule has 1 aromatic rings.